The number of hydrogen-bond donors (Lipinski definition) is 0. The summed E-state index contributed by atoms with van der Waals surface area (Å²) in [5, 5.41) is 0. The predicted molar refractivity (Wildman–Crippen MR) is 69.7 cm³/mol. The average molecular weight is 237 g/mol. The zero-order chi connectivity index (χ0) is 10.9. The third kappa shape index (κ3) is 10.4. The van der Waals surface area contributed by atoms with E-state index in [2.05, 4.69) is 39.3 Å². The predicted octanol–water partition coefficient (Wildman–Crippen LogP) is 4.06. The first-order valence-electron chi connectivity index (χ1n) is 4.82. The summed E-state index contributed by atoms with van der Waals surface area (Å²) >= 11 is 0. The second-order valence-corrected chi connectivity index (χ2v) is 14.7. The van der Waals surface area contributed by atoms with E-state index in [-0.39, 0.29) is 7.43 Å². The summed E-state index contributed by atoms with van der Waals surface area (Å²) < 4.78 is 11.9. The van der Waals surface area contributed by atoms with E-state index in [0.717, 1.165) is 0 Å². The molecule has 0 unspecified atom stereocenters. The van der Waals surface area contributed by atoms with E-state index >= 15 is 0 Å². The fourth-order valence-electron chi connectivity index (χ4n) is 1.50. The van der Waals surface area contributed by atoms with Crippen molar-refractivity contribution in [2.45, 2.75) is 66.3 Å². The number of rotatable bonds is 4. The molecule has 0 aliphatic heterocycles. The van der Waals surface area contributed by atoms with Gasteiger partial charge in [-0.1, -0.05) is 7.43 Å². The molecule has 0 N–H and O–H groups in total. The van der Waals surface area contributed by atoms with E-state index in [1.165, 1.54) is 0 Å². The molecule has 0 heterocycles. The topological polar surface area (TPSA) is 18.5 Å². The van der Waals surface area contributed by atoms with E-state index in [9.17, 15) is 0 Å². The highest BCUT2D eigenvalue weighted by molar-refractivity contribution is 6.70. The summed E-state index contributed by atoms with van der Waals surface area (Å²) in [6.45, 7) is 17.1. The maximum absolute atomic E-state index is 5.95. The minimum atomic E-state index is -1.50. The van der Waals surface area contributed by atoms with Crippen LogP contribution in [0.25, 0.3) is 0 Å². The Morgan fingerprint density at radius 3 is 1.07 bits per heavy atom. The molecule has 0 aromatic heterocycles. The van der Waals surface area contributed by atoms with Crippen molar-refractivity contribution in [1.29, 1.82) is 0 Å². The minimum Gasteiger partial charge on any atom is -0.392 e. The van der Waals surface area contributed by atoms with Crippen LogP contribution in [0.5, 0.6) is 0 Å². The Labute approximate surface area is 92.3 Å². The van der Waals surface area contributed by atoms with Crippen LogP contribution in [0.15, 0.2) is 0 Å². The van der Waals surface area contributed by atoms with Crippen LogP contribution in [0.3, 0.4) is 0 Å². The van der Waals surface area contributed by atoms with Crippen molar-refractivity contribution in [2.75, 3.05) is 0 Å². The largest absolute Gasteiger partial charge is 0.392 e. The van der Waals surface area contributed by atoms with Gasteiger partial charge in [0.05, 0.1) is 0 Å². The van der Waals surface area contributed by atoms with Gasteiger partial charge in [0, 0.05) is 0 Å². The molecule has 0 atom stereocenters. The SMILES string of the molecule is C.CC(C)(O[Si](C)(C)C)O[Si](C)(C)C. The third-order valence-electron chi connectivity index (χ3n) is 1.10. The average Bonchev–Trinajstić information content (AvgIpc) is 1.43. The van der Waals surface area contributed by atoms with Crippen molar-refractivity contribution in [1.82, 2.24) is 0 Å². The van der Waals surface area contributed by atoms with Gasteiger partial charge in [0.2, 0.25) is 0 Å². The fourth-order valence-corrected chi connectivity index (χ4v) is 4.61. The van der Waals surface area contributed by atoms with Crippen LogP contribution >= 0.6 is 0 Å². The second kappa shape index (κ2) is 4.92. The highest BCUT2D eigenvalue weighted by Gasteiger charge is 2.32. The Morgan fingerprint density at radius 2 is 0.929 bits per heavy atom. The Balaban J connectivity index is 0. The standard InChI is InChI=1S/C9H24O2Si2.CH4/c1-9(2,10-12(3,4)5)11-13(6,7)8;/h1-8H3;1H4. The highest BCUT2D eigenvalue weighted by Crippen LogP contribution is 2.22. The van der Waals surface area contributed by atoms with E-state index < -0.39 is 22.4 Å². The summed E-state index contributed by atoms with van der Waals surface area (Å²) in [6.07, 6.45) is 0. The van der Waals surface area contributed by atoms with E-state index in [0.29, 0.717) is 0 Å². The van der Waals surface area contributed by atoms with Gasteiger partial charge in [-0.3, -0.25) is 0 Å². The second-order valence-electron chi connectivity index (χ2n) is 5.83. The van der Waals surface area contributed by atoms with E-state index in [1.54, 1.807) is 0 Å². The van der Waals surface area contributed by atoms with Crippen LogP contribution in [-0.2, 0) is 8.85 Å². The molecule has 0 radical (unpaired) electrons. The summed E-state index contributed by atoms with van der Waals surface area (Å²) in [7, 11) is -2.99. The van der Waals surface area contributed by atoms with E-state index in [1.807, 2.05) is 13.8 Å². The minimum absolute atomic E-state index is 0. The van der Waals surface area contributed by atoms with Crippen LogP contribution < -0.4 is 0 Å². The highest BCUT2D eigenvalue weighted by atomic mass is 28.4. The lowest BCUT2D eigenvalue weighted by molar-refractivity contribution is -0.0944. The molecular weight excluding hydrogens is 208 g/mol. The molecule has 0 aliphatic rings. The first-order chi connectivity index (χ1) is 5.41. The molecule has 0 saturated carbocycles. The van der Waals surface area contributed by atoms with Crippen LogP contribution in [0.2, 0.25) is 39.3 Å². The molecule has 4 heteroatoms. The van der Waals surface area contributed by atoms with Crippen LogP contribution in [0, 0.1) is 0 Å². The molecule has 0 aliphatic carbocycles. The van der Waals surface area contributed by atoms with Gasteiger partial charge in [-0.25, -0.2) is 0 Å². The first kappa shape index (κ1) is 16.8. The molecule has 0 amide bonds. The molecule has 0 aromatic rings. The zero-order valence-electron chi connectivity index (χ0n) is 10.3. The Morgan fingerprint density at radius 1 is 0.714 bits per heavy atom. The van der Waals surface area contributed by atoms with Crippen LogP contribution in [0.4, 0.5) is 0 Å². The van der Waals surface area contributed by atoms with Gasteiger partial charge >= 0.3 is 0 Å². The molecule has 0 saturated heterocycles. The Hall–Kier alpha value is 0.354. The quantitative estimate of drug-likeness (QED) is 0.541. The van der Waals surface area contributed by atoms with Gasteiger partial charge in [0.25, 0.3) is 0 Å². The monoisotopic (exact) mass is 236 g/mol. The van der Waals surface area contributed by atoms with Gasteiger partial charge in [-0.05, 0) is 53.1 Å². The molecule has 0 aromatic carbocycles. The van der Waals surface area contributed by atoms with Gasteiger partial charge < -0.3 is 8.85 Å². The molecule has 0 spiro atoms. The van der Waals surface area contributed by atoms with Crippen molar-refractivity contribution in [3.05, 3.63) is 0 Å². The molecule has 88 valence electrons. The lowest BCUT2D eigenvalue weighted by Gasteiger charge is -2.37. The van der Waals surface area contributed by atoms with E-state index in [4.69, 9.17) is 8.85 Å². The summed E-state index contributed by atoms with van der Waals surface area (Å²) in [5.74, 6) is -0.408. The molecule has 0 fully saturated rings. The van der Waals surface area contributed by atoms with Crippen molar-refractivity contribution >= 4 is 16.6 Å². The van der Waals surface area contributed by atoms with Crippen molar-refractivity contribution in [3.63, 3.8) is 0 Å². The van der Waals surface area contributed by atoms with Gasteiger partial charge in [-0.15, -0.1) is 0 Å². The Kier molecular flexibility index (Phi) is 5.89. The first-order valence-corrected chi connectivity index (χ1v) is 11.6. The summed E-state index contributed by atoms with van der Waals surface area (Å²) in [6, 6.07) is 0. The van der Waals surface area contributed by atoms with Crippen molar-refractivity contribution in [3.8, 4) is 0 Å². The van der Waals surface area contributed by atoms with Gasteiger partial charge in [0.1, 0.15) is 5.79 Å². The summed E-state index contributed by atoms with van der Waals surface area (Å²) in [5.41, 5.74) is 0. The normalized spacial score (nSPS) is 13.7. The molecule has 14 heavy (non-hydrogen) atoms. The lowest BCUT2D eigenvalue weighted by atomic mass is 10.4. The molecular formula is C10H28O2Si2. The lowest BCUT2D eigenvalue weighted by Crippen LogP contribution is -2.46. The van der Waals surface area contributed by atoms with Crippen molar-refractivity contribution in [2.24, 2.45) is 0 Å². The molecule has 2 nitrogen and oxygen atoms in total. The smallest absolute Gasteiger partial charge is 0.187 e. The van der Waals surface area contributed by atoms with Crippen molar-refractivity contribution < 1.29 is 8.85 Å². The molecule has 0 bridgehead atoms. The summed E-state index contributed by atoms with van der Waals surface area (Å²) in [4.78, 5) is 0. The molecule has 0 rings (SSSR count). The third-order valence-corrected chi connectivity index (χ3v) is 3.31. The van der Waals surface area contributed by atoms with Gasteiger partial charge in [0.15, 0.2) is 16.6 Å². The maximum Gasteiger partial charge on any atom is 0.187 e. The van der Waals surface area contributed by atoms with Gasteiger partial charge in [-0.2, -0.15) is 0 Å². The number of hydrogen-bond acceptors (Lipinski definition) is 2. The van der Waals surface area contributed by atoms with Crippen LogP contribution in [-0.4, -0.2) is 22.4 Å². The zero-order valence-corrected chi connectivity index (χ0v) is 12.3. The maximum atomic E-state index is 5.95. The fraction of sp³-hybridized carbons (Fsp3) is 1.00. The Bertz CT molecular complexity index is 148. The van der Waals surface area contributed by atoms with Crippen LogP contribution in [0.1, 0.15) is 21.3 Å².